The minimum atomic E-state index is -7.32. The Bertz CT molecular complexity index is 1040. The largest absolute Gasteiger partial charge is 0.457 e. The number of benzene rings is 2. The van der Waals surface area contributed by atoms with Crippen molar-refractivity contribution in [3.63, 3.8) is 0 Å². The molecule has 2 rings (SSSR count). The highest BCUT2D eigenvalue weighted by Gasteiger charge is 2.83. The second-order valence-electron chi connectivity index (χ2n) is 6.26. The predicted molar refractivity (Wildman–Crippen MR) is 89.1 cm³/mol. The molecule has 0 radical (unpaired) electrons. The van der Waals surface area contributed by atoms with Gasteiger partial charge in [-0.2, -0.15) is 53.6 Å². The van der Waals surface area contributed by atoms with Crippen LogP contribution in [0.1, 0.15) is 16.7 Å². The van der Waals surface area contributed by atoms with Crippen LogP contribution in [0.25, 0.3) is 11.1 Å². The third-order valence-electron chi connectivity index (χ3n) is 4.29. The van der Waals surface area contributed by atoms with E-state index in [1.165, 1.54) is 0 Å². The molecule has 0 aliphatic heterocycles. The van der Waals surface area contributed by atoms with Crippen LogP contribution in [-0.4, -0.2) is 18.3 Å². The van der Waals surface area contributed by atoms with Crippen molar-refractivity contribution in [3.8, 4) is 17.2 Å². The van der Waals surface area contributed by atoms with Crippen molar-refractivity contribution in [2.75, 3.05) is 0 Å². The molecule has 0 N–H and O–H groups in total. The van der Waals surface area contributed by atoms with Gasteiger partial charge < -0.3 is 0 Å². The number of rotatable bonds is 3. The molecule has 14 heteroatoms. The van der Waals surface area contributed by atoms with E-state index in [4.69, 9.17) is 5.26 Å². The van der Waals surface area contributed by atoms with Crippen molar-refractivity contribution in [1.29, 1.82) is 5.26 Å². The summed E-state index contributed by atoms with van der Waals surface area (Å²) in [6.07, 6.45) is -20.3. The summed E-state index contributed by atoms with van der Waals surface area (Å²) < 4.78 is 162. The number of hydrogen-bond donors (Lipinski definition) is 0. The molecule has 1 atom stereocenters. The van der Waals surface area contributed by atoms with E-state index in [-0.39, 0.29) is 5.56 Å². The number of nitriles is 1. The summed E-state index contributed by atoms with van der Waals surface area (Å²) in [6.45, 7) is 0. The molecule has 0 aliphatic rings. The highest BCUT2D eigenvalue weighted by Crippen LogP contribution is 2.62. The lowest BCUT2D eigenvalue weighted by atomic mass is 9.79. The second-order valence-corrected chi connectivity index (χ2v) is 7.11. The number of hydrogen-bond acceptors (Lipinski definition) is 1. The average molecular weight is 544 g/mol. The molecular formula is C18H6BrF12N. The minimum absolute atomic E-state index is 0.175. The van der Waals surface area contributed by atoms with Crippen molar-refractivity contribution in [1.82, 2.24) is 0 Å². The molecule has 0 fully saturated rings. The molecule has 0 bridgehead atoms. The van der Waals surface area contributed by atoms with Gasteiger partial charge >= 0.3 is 30.1 Å². The Kier molecular flexibility index (Phi) is 6.34. The van der Waals surface area contributed by atoms with Crippen molar-refractivity contribution in [2.24, 2.45) is 0 Å². The van der Waals surface area contributed by atoms with Crippen molar-refractivity contribution in [3.05, 3.63) is 57.6 Å². The average Bonchev–Trinajstić information content (AvgIpc) is 2.64. The zero-order valence-corrected chi connectivity index (χ0v) is 16.4. The molecule has 0 saturated carbocycles. The maximum atomic E-state index is 15.2. The Hall–Kier alpha value is -2.43. The van der Waals surface area contributed by atoms with Crippen LogP contribution in [-0.2, 0) is 11.8 Å². The van der Waals surface area contributed by atoms with Gasteiger partial charge in [0, 0.05) is 10.0 Å². The van der Waals surface area contributed by atoms with E-state index in [0.717, 1.165) is 12.1 Å². The topological polar surface area (TPSA) is 23.8 Å². The number of alkyl halides is 12. The first kappa shape index (κ1) is 25.8. The summed E-state index contributed by atoms with van der Waals surface area (Å²) in [5.74, 6) is -7.32. The monoisotopic (exact) mass is 543 g/mol. The Morgan fingerprint density at radius 2 is 1.16 bits per heavy atom. The van der Waals surface area contributed by atoms with Gasteiger partial charge in [0.05, 0.1) is 17.2 Å². The molecule has 1 nitrogen and oxygen atoms in total. The van der Waals surface area contributed by atoms with Gasteiger partial charge in [0.1, 0.15) is 0 Å². The smallest absolute Gasteiger partial charge is 0.221 e. The van der Waals surface area contributed by atoms with Crippen LogP contribution < -0.4 is 0 Å². The molecule has 1 unspecified atom stereocenters. The van der Waals surface area contributed by atoms with Gasteiger partial charge in [-0.3, -0.25) is 0 Å². The van der Waals surface area contributed by atoms with Crippen molar-refractivity contribution in [2.45, 2.75) is 30.1 Å². The fourth-order valence-electron chi connectivity index (χ4n) is 2.85. The molecule has 0 amide bonds. The standard InChI is InChI=1S/C18H6BrF12N/c19-11-6-5-10(9-3-1-8(7-32)2-4-9)12(13(11)15(21,22)23)14(20,17(26,27)28)16(24,25)18(29,30)31/h1-6H. The normalized spacial score (nSPS) is 15.2. The highest BCUT2D eigenvalue weighted by molar-refractivity contribution is 9.10. The molecule has 0 heterocycles. The lowest BCUT2D eigenvalue weighted by molar-refractivity contribution is -0.389. The van der Waals surface area contributed by atoms with Crippen LogP contribution >= 0.6 is 15.9 Å². The summed E-state index contributed by atoms with van der Waals surface area (Å²) in [6, 6.07) is 5.32. The van der Waals surface area contributed by atoms with Gasteiger partial charge in [0.25, 0.3) is 0 Å². The molecule has 2 aromatic carbocycles. The molecule has 0 saturated heterocycles. The van der Waals surface area contributed by atoms with E-state index < -0.39 is 56.8 Å². The van der Waals surface area contributed by atoms with Crippen LogP contribution in [0.5, 0.6) is 0 Å². The van der Waals surface area contributed by atoms with Crippen LogP contribution in [0.2, 0.25) is 0 Å². The van der Waals surface area contributed by atoms with Crippen molar-refractivity contribution >= 4 is 15.9 Å². The van der Waals surface area contributed by atoms with E-state index in [1.807, 2.05) is 0 Å². The first-order valence-corrected chi connectivity index (χ1v) is 8.71. The van der Waals surface area contributed by atoms with Crippen LogP contribution in [0.15, 0.2) is 40.9 Å². The quantitative estimate of drug-likeness (QED) is 0.360. The lowest BCUT2D eigenvalue weighted by Crippen LogP contribution is -2.60. The Labute approximate surface area is 179 Å². The van der Waals surface area contributed by atoms with Gasteiger partial charge in [0.15, 0.2) is 0 Å². The Morgan fingerprint density at radius 3 is 1.53 bits per heavy atom. The first-order chi connectivity index (χ1) is 14.3. The molecule has 32 heavy (non-hydrogen) atoms. The number of nitrogens with zero attached hydrogens (tertiary/aromatic N) is 1. The maximum Gasteiger partial charge on any atom is 0.457 e. The lowest BCUT2D eigenvalue weighted by Gasteiger charge is -2.38. The molecule has 174 valence electrons. The first-order valence-electron chi connectivity index (χ1n) is 7.91. The van der Waals surface area contributed by atoms with Gasteiger partial charge in [-0.15, -0.1) is 0 Å². The Balaban J connectivity index is 3.16. The van der Waals surface area contributed by atoms with E-state index in [0.29, 0.717) is 24.3 Å². The molecule has 0 aliphatic carbocycles. The summed E-state index contributed by atoms with van der Waals surface area (Å²) >= 11 is 2.17. The minimum Gasteiger partial charge on any atom is -0.221 e. The predicted octanol–water partition coefficient (Wildman–Crippen LogP) is 7.93. The summed E-state index contributed by atoms with van der Waals surface area (Å²) in [5, 5.41) is 8.74. The third kappa shape index (κ3) is 4.02. The molecule has 0 spiro atoms. The van der Waals surface area contributed by atoms with Gasteiger partial charge in [-0.25, -0.2) is 4.39 Å². The maximum absolute atomic E-state index is 15.2. The summed E-state index contributed by atoms with van der Waals surface area (Å²) in [7, 11) is 0. The van der Waals surface area contributed by atoms with Crippen LogP contribution in [0, 0.1) is 11.3 Å². The van der Waals surface area contributed by atoms with E-state index in [9.17, 15) is 48.3 Å². The van der Waals surface area contributed by atoms with Gasteiger partial charge in [0.2, 0.25) is 0 Å². The van der Waals surface area contributed by atoms with E-state index >= 15 is 4.39 Å². The zero-order valence-electron chi connectivity index (χ0n) is 14.8. The summed E-state index contributed by atoms with van der Waals surface area (Å²) in [4.78, 5) is 0. The molecule has 2 aromatic rings. The number of halogens is 13. The van der Waals surface area contributed by atoms with Crippen molar-refractivity contribution < 1.29 is 52.7 Å². The summed E-state index contributed by atoms with van der Waals surface area (Å²) in [5.41, 5.74) is -15.0. The SMILES string of the molecule is N#Cc1ccc(-c2ccc(Br)c(C(F)(F)F)c2C(F)(C(F)(F)F)C(F)(F)C(F)(F)F)cc1. The second kappa shape index (κ2) is 7.86. The van der Waals surface area contributed by atoms with Crippen LogP contribution in [0.4, 0.5) is 52.7 Å². The Morgan fingerprint density at radius 1 is 0.656 bits per heavy atom. The van der Waals surface area contributed by atoms with Crippen LogP contribution in [0.3, 0.4) is 0 Å². The fraction of sp³-hybridized carbons (Fsp3) is 0.278. The third-order valence-corrected chi connectivity index (χ3v) is 4.95. The van der Waals surface area contributed by atoms with E-state index in [2.05, 4.69) is 15.9 Å². The van der Waals surface area contributed by atoms with Gasteiger partial charge in [-0.1, -0.05) is 34.1 Å². The molecule has 0 aromatic heterocycles. The van der Waals surface area contributed by atoms with E-state index in [1.54, 1.807) is 6.07 Å². The fourth-order valence-corrected chi connectivity index (χ4v) is 3.40. The van der Waals surface area contributed by atoms with Gasteiger partial charge in [-0.05, 0) is 29.3 Å². The highest BCUT2D eigenvalue weighted by atomic mass is 79.9. The zero-order chi connectivity index (χ0) is 24.9. The molecular weight excluding hydrogens is 538 g/mol.